The van der Waals surface area contributed by atoms with E-state index >= 15 is 0 Å². The van der Waals surface area contributed by atoms with Crippen LogP contribution in [0.25, 0.3) is 0 Å². The third-order valence-corrected chi connectivity index (χ3v) is 5.08. The van der Waals surface area contributed by atoms with Crippen molar-refractivity contribution in [3.8, 4) is 0 Å². The highest BCUT2D eigenvalue weighted by atomic mass is 16.4. The normalized spacial score (nSPS) is 14.5. The number of nitrogens with two attached hydrogens (primary N) is 1. The second kappa shape index (κ2) is 13.2. The molecule has 2 aromatic heterocycles. The van der Waals surface area contributed by atoms with E-state index in [0.717, 1.165) is 0 Å². The van der Waals surface area contributed by atoms with Crippen LogP contribution in [-0.4, -0.2) is 84.6 Å². The van der Waals surface area contributed by atoms with Crippen LogP contribution in [0.4, 0.5) is 0 Å². The van der Waals surface area contributed by atoms with E-state index in [2.05, 4.69) is 35.9 Å². The predicted octanol–water partition coefficient (Wildman–Crippen LogP) is -2.18. The lowest BCUT2D eigenvalue weighted by Crippen LogP contribution is -2.58. The fourth-order valence-electron chi connectivity index (χ4n) is 3.27. The van der Waals surface area contributed by atoms with Crippen molar-refractivity contribution in [2.75, 3.05) is 6.61 Å². The van der Waals surface area contributed by atoms with Crippen molar-refractivity contribution in [3.63, 3.8) is 0 Å². The smallest absolute Gasteiger partial charge is 0.326 e. The van der Waals surface area contributed by atoms with Crippen molar-refractivity contribution in [1.29, 1.82) is 0 Å². The Kier molecular flexibility index (Phi) is 10.4. The van der Waals surface area contributed by atoms with Gasteiger partial charge in [-0.25, -0.2) is 14.8 Å². The molecular formula is C21H32N8O6. The number of imidazole rings is 2. The molecule has 0 bridgehead atoms. The summed E-state index contributed by atoms with van der Waals surface area (Å²) >= 11 is 0. The molecule has 0 saturated carbocycles. The summed E-state index contributed by atoms with van der Waals surface area (Å²) in [6.07, 6.45) is 5.92. The molecule has 0 aliphatic rings. The van der Waals surface area contributed by atoms with Crippen LogP contribution in [0, 0.1) is 5.92 Å². The molecular weight excluding hydrogens is 460 g/mol. The molecule has 192 valence electrons. The van der Waals surface area contributed by atoms with E-state index in [1.54, 1.807) is 0 Å². The largest absolute Gasteiger partial charge is 0.480 e. The summed E-state index contributed by atoms with van der Waals surface area (Å²) in [5.41, 5.74) is 6.82. The first-order valence-corrected chi connectivity index (χ1v) is 11.1. The van der Waals surface area contributed by atoms with E-state index in [9.17, 15) is 29.4 Å². The summed E-state index contributed by atoms with van der Waals surface area (Å²) in [5, 5.41) is 26.4. The first-order chi connectivity index (χ1) is 16.6. The monoisotopic (exact) mass is 492 g/mol. The zero-order valence-corrected chi connectivity index (χ0v) is 19.5. The van der Waals surface area contributed by atoms with Crippen LogP contribution in [0.5, 0.6) is 0 Å². The first kappa shape index (κ1) is 27.5. The molecule has 0 spiro atoms. The van der Waals surface area contributed by atoms with Gasteiger partial charge in [0.25, 0.3) is 0 Å². The minimum atomic E-state index is -1.36. The number of aliphatic hydroxyl groups excluding tert-OH is 1. The van der Waals surface area contributed by atoms with E-state index in [1.807, 2.05) is 13.8 Å². The van der Waals surface area contributed by atoms with Crippen molar-refractivity contribution in [2.45, 2.75) is 57.3 Å². The van der Waals surface area contributed by atoms with Crippen molar-refractivity contribution in [2.24, 2.45) is 11.7 Å². The number of H-pyrrole nitrogens is 2. The van der Waals surface area contributed by atoms with Crippen LogP contribution in [0.1, 0.15) is 31.7 Å². The summed E-state index contributed by atoms with van der Waals surface area (Å²) in [6.45, 7) is 3.04. The molecule has 2 heterocycles. The standard InChI is InChI=1S/C21H32N8O6/c1-11(2)3-14(22)18(31)29-17(8-30)20(33)27-15(4-12-6-23-9-25-12)19(32)28-16(21(34)35)5-13-7-24-10-26-13/h6-7,9-11,14-17,30H,3-5,8,22H2,1-2H3,(H,23,25)(H,24,26)(H,27,33)(H,28,32)(H,29,31)(H,34,35). The number of carbonyl (C=O) groups excluding carboxylic acids is 3. The fraction of sp³-hybridized carbons (Fsp3) is 0.524. The van der Waals surface area contributed by atoms with Crippen molar-refractivity contribution < 1.29 is 29.4 Å². The van der Waals surface area contributed by atoms with Crippen molar-refractivity contribution >= 4 is 23.7 Å². The molecule has 0 radical (unpaired) electrons. The second-order valence-electron chi connectivity index (χ2n) is 8.50. The van der Waals surface area contributed by atoms with Gasteiger partial charge in [0.2, 0.25) is 17.7 Å². The topological polar surface area (TPSA) is 228 Å². The molecule has 0 aromatic carbocycles. The van der Waals surface area contributed by atoms with E-state index in [4.69, 9.17) is 5.73 Å². The maximum Gasteiger partial charge on any atom is 0.326 e. The molecule has 0 aliphatic heterocycles. The summed E-state index contributed by atoms with van der Waals surface area (Å²) < 4.78 is 0. The van der Waals surface area contributed by atoms with Gasteiger partial charge in [0.15, 0.2) is 0 Å². The number of carbonyl (C=O) groups is 4. The van der Waals surface area contributed by atoms with Gasteiger partial charge in [-0.3, -0.25) is 14.4 Å². The fourth-order valence-corrected chi connectivity index (χ4v) is 3.27. The van der Waals surface area contributed by atoms with Crippen LogP contribution in [-0.2, 0) is 32.0 Å². The van der Waals surface area contributed by atoms with Gasteiger partial charge in [-0.1, -0.05) is 13.8 Å². The maximum absolute atomic E-state index is 13.0. The first-order valence-electron chi connectivity index (χ1n) is 11.1. The highest BCUT2D eigenvalue weighted by Gasteiger charge is 2.31. The lowest BCUT2D eigenvalue weighted by Gasteiger charge is -2.24. The Morgan fingerprint density at radius 1 is 0.886 bits per heavy atom. The number of aromatic nitrogens is 4. The van der Waals surface area contributed by atoms with Gasteiger partial charge in [-0.15, -0.1) is 0 Å². The third-order valence-electron chi connectivity index (χ3n) is 5.08. The predicted molar refractivity (Wildman–Crippen MR) is 123 cm³/mol. The molecule has 4 atom stereocenters. The number of aliphatic carboxylic acids is 1. The number of hydrogen-bond acceptors (Lipinski definition) is 8. The average Bonchev–Trinajstić information content (AvgIpc) is 3.49. The third kappa shape index (κ3) is 8.83. The van der Waals surface area contributed by atoms with Gasteiger partial charge < -0.3 is 41.9 Å². The number of nitrogens with one attached hydrogen (secondary N) is 5. The van der Waals surface area contributed by atoms with E-state index < -0.39 is 54.5 Å². The van der Waals surface area contributed by atoms with E-state index in [1.165, 1.54) is 25.0 Å². The molecule has 0 fully saturated rings. The lowest BCUT2D eigenvalue weighted by molar-refractivity contribution is -0.142. The zero-order chi connectivity index (χ0) is 26.0. The molecule has 14 nitrogen and oxygen atoms in total. The van der Waals surface area contributed by atoms with Crippen LogP contribution >= 0.6 is 0 Å². The average molecular weight is 493 g/mol. The quantitative estimate of drug-likeness (QED) is 0.143. The summed E-state index contributed by atoms with van der Waals surface area (Å²) in [6, 6.07) is -4.77. The number of carboxylic acids is 1. The molecule has 9 N–H and O–H groups in total. The minimum absolute atomic E-state index is 0.0487. The minimum Gasteiger partial charge on any atom is -0.480 e. The number of aliphatic hydroxyl groups is 1. The van der Waals surface area contributed by atoms with Crippen LogP contribution in [0.15, 0.2) is 25.0 Å². The lowest BCUT2D eigenvalue weighted by atomic mass is 10.0. The van der Waals surface area contributed by atoms with Crippen LogP contribution in [0.2, 0.25) is 0 Å². The molecule has 3 amide bonds. The number of nitrogens with zero attached hydrogens (tertiary/aromatic N) is 2. The molecule has 35 heavy (non-hydrogen) atoms. The van der Waals surface area contributed by atoms with Gasteiger partial charge in [0, 0.05) is 36.6 Å². The number of amides is 3. The Balaban J connectivity index is 2.11. The Morgan fingerprint density at radius 3 is 1.83 bits per heavy atom. The van der Waals surface area contributed by atoms with Crippen LogP contribution in [0.3, 0.4) is 0 Å². The van der Waals surface area contributed by atoms with Gasteiger partial charge in [-0.05, 0) is 12.3 Å². The molecule has 14 heteroatoms. The molecule has 0 saturated heterocycles. The Labute approximate surface area is 201 Å². The number of rotatable bonds is 14. The Bertz CT molecular complexity index is 963. The van der Waals surface area contributed by atoms with E-state index in [0.29, 0.717) is 17.8 Å². The van der Waals surface area contributed by atoms with Crippen LogP contribution < -0.4 is 21.7 Å². The Morgan fingerprint density at radius 2 is 1.37 bits per heavy atom. The highest BCUT2D eigenvalue weighted by Crippen LogP contribution is 2.05. The van der Waals surface area contributed by atoms with E-state index in [-0.39, 0.29) is 18.8 Å². The molecule has 2 rings (SSSR count). The summed E-state index contributed by atoms with van der Waals surface area (Å²) in [5.74, 6) is -3.37. The second-order valence-corrected chi connectivity index (χ2v) is 8.50. The van der Waals surface area contributed by atoms with Gasteiger partial charge in [0.05, 0.1) is 25.3 Å². The maximum atomic E-state index is 13.0. The Hall–Kier alpha value is -3.78. The highest BCUT2D eigenvalue weighted by molar-refractivity contribution is 5.94. The van der Waals surface area contributed by atoms with Crippen molar-refractivity contribution in [1.82, 2.24) is 35.9 Å². The van der Waals surface area contributed by atoms with Gasteiger partial charge in [-0.2, -0.15) is 0 Å². The molecule has 2 aromatic rings. The summed E-state index contributed by atoms with van der Waals surface area (Å²) in [4.78, 5) is 63.1. The SMILES string of the molecule is CC(C)CC(N)C(=O)NC(CO)C(=O)NC(Cc1cnc[nH]1)C(=O)NC(Cc1cnc[nH]1)C(=O)O. The number of aromatic amines is 2. The number of carboxylic acid groups (broad SMARTS) is 1. The molecule has 0 aliphatic carbocycles. The van der Waals surface area contributed by atoms with Crippen molar-refractivity contribution in [3.05, 3.63) is 36.4 Å². The molecule has 4 unspecified atom stereocenters. The summed E-state index contributed by atoms with van der Waals surface area (Å²) in [7, 11) is 0. The zero-order valence-electron chi connectivity index (χ0n) is 19.5. The van der Waals surface area contributed by atoms with Gasteiger partial charge >= 0.3 is 5.97 Å². The van der Waals surface area contributed by atoms with Gasteiger partial charge in [0.1, 0.15) is 18.1 Å². The number of hydrogen-bond donors (Lipinski definition) is 8.